The van der Waals surface area contributed by atoms with Crippen LogP contribution in [-0.2, 0) is 13.1 Å². The van der Waals surface area contributed by atoms with Gasteiger partial charge in [0, 0.05) is 25.2 Å². The van der Waals surface area contributed by atoms with Gasteiger partial charge in [-0.05, 0) is 83.1 Å². The summed E-state index contributed by atoms with van der Waals surface area (Å²) in [5.41, 5.74) is 2.23. The lowest BCUT2D eigenvalue weighted by atomic mass is 9.88. The highest BCUT2D eigenvalue weighted by Crippen LogP contribution is 2.28. The van der Waals surface area contributed by atoms with Crippen molar-refractivity contribution in [3.8, 4) is 0 Å². The Morgan fingerprint density at radius 1 is 0.808 bits per heavy atom. The molecule has 2 aromatic rings. The molecule has 3 rings (SSSR count). The Morgan fingerprint density at radius 2 is 1.23 bits per heavy atom. The summed E-state index contributed by atoms with van der Waals surface area (Å²) in [4.78, 5) is 14.2. The fraction of sp³-hybridized carbons (Fsp3) is 0.500. The first-order valence-corrected chi connectivity index (χ1v) is 10.7. The molecule has 2 aromatic heterocycles. The van der Waals surface area contributed by atoms with Crippen LogP contribution in [0.5, 0.6) is 0 Å². The predicted molar refractivity (Wildman–Crippen MR) is 113 cm³/mol. The van der Waals surface area contributed by atoms with E-state index in [4.69, 9.17) is 0 Å². The van der Waals surface area contributed by atoms with E-state index in [1.165, 1.54) is 25.7 Å². The van der Waals surface area contributed by atoms with Gasteiger partial charge in [0.25, 0.3) is 0 Å². The lowest BCUT2D eigenvalue weighted by Crippen LogP contribution is -2.50. The highest BCUT2D eigenvalue weighted by molar-refractivity contribution is 9.10. The van der Waals surface area contributed by atoms with Crippen molar-refractivity contribution >= 4 is 31.9 Å². The van der Waals surface area contributed by atoms with Crippen LogP contribution in [0.3, 0.4) is 0 Å². The molecule has 0 N–H and O–H groups in total. The number of nitrogens with zero attached hydrogens (tertiary/aromatic N) is 4. The topological polar surface area (TPSA) is 32.3 Å². The van der Waals surface area contributed by atoms with E-state index in [1.54, 1.807) is 0 Å². The molecular weight excluding hydrogens is 456 g/mol. The molecule has 2 heterocycles. The van der Waals surface area contributed by atoms with Crippen molar-refractivity contribution in [2.45, 2.75) is 50.9 Å². The summed E-state index contributed by atoms with van der Waals surface area (Å²) in [7, 11) is 4.47. The van der Waals surface area contributed by atoms with E-state index in [-0.39, 0.29) is 0 Å². The third kappa shape index (κ3) is 5.35. The van der Waals surface area contributed by atoms with Crippen molar-refractivity contribution in [2.24, 2.45) is 0 Å². The van der Waals surface area contributed by atoms with Crippen molar-refractivity contribution in [3.63, 3.8) is 0 Å². The molecule has 0 bridgehead atoms. The maximum atomic E-state index is 4.60. The van der Waals surface area contributed by atoms with Crippen LogP contribution in [0, 0.1) is 0 Å². The first-order valence-electron chi connectivity index (χ1n) is 9.16. The van der Waals surface area contributed by atoms with Crippen LogP contribution in [0.4, 0.5) is 0 Å². The van der Waals surface area contributed by atoms with Gasteiger partial charge in [0.15, 0.2) is 0 Å². The van der Waals surface area contributed by atoms with Gasteiger partial charge < -0.3 is 0 Å². The van der Waals surface area contributed by atoms with E-state index in [9.17, 15) is 0 Å². The highest BCUT2D eigenvalue weighted by Gasteiger charge is 2.31. The van der Waals surface area contributed by atoms with Gasteiger partial charge in [0.1, 0.15) is 9.21 Å². The molecule has 4 nitrogen and oxygen atoms in total. The Kier molecular flexibility index (Phi) is 7.20. The molecule has 1 aliphatic rings. The van der Waals surface area contributed by atoms with Crippen molar-refractivity contribution in [1.29, 1.82) is 0 Å². The SMILES string of the molecule is CN(Cc1cccc(Br)n1)[C@@H]1CCCC[C@H]1N(C)Cc1cccc(Br)n1. The molecule has 0 aromatic carbocycles. The van der Waals surface area contributed by atoms with Crippen LogP contribution in [0.25, 0.3) is 0 Å². The maximum absolute atomic E-state index is 4.60. The van der Waals surface area contributed by atoms with Crippen LogP contribution >= 0.6 is 31.9 Å². The molecule has 0 spiro atoms. The van der Waals surface area contributed by atoms with Crippen molar-refractivity contribution in [2.75, 3.05) is 14.1 Å². The molecule has 0 amide bonds. The first-order chi connectivity index (χ1) is 12.5. The van der Waals surface area contributed by atoms with Crippen LogP contribution in [0.1, 0.15) is 37.1 Å². The lowest BCUT2D eigenvalue weighted by Gasteiger charge is -2.42. The van der Waals surface area contributed by atoms with Gasteiger partial charge in [0.2, 0.25) is 0 Å². The highest BCUT2D eigenvalue weighted by atomic mass is 79.9. The fourth-order valence-electron chi connectivity index (χ4n) is 3.94. The van der Waals surface area contributed by atoms with Gasteiger partial charge >= 0.3 is 0 Å². The number of halogens is 2. The molecular formula is C20H26Br2N4. The first kappa shape index (κ1) is 19.9. The van der Waals surface area contributed by atoms with Crippen molar-refractivity contribution in [1.82, 2.24) is 19.8 Å². The summed E-state index contributed by atoms with van der Waals surface area (Å²) >= 11 is 6.95. The smallest absolute Gasteiger partial charge is 0.106 e. The largest absolute Gasteiger partial charge is 0.296 e. The van der Waals surface area contributed by atoms with Crippen LogP contribution < -0.4 is 0 Å². The van der Waals surface area contributed by atoms with E-state index in [0.717, 1.165) is 33.7 Å². The number of aromatic nitrogens is 2. The molecule has 1 aliphatic carbocycles. The predicted octanol–water partition coefficient (Wildman–Crippen LogP) is 4.88. The molecule has 1 saturated carbocycles. The van der Waals surface area contributed by atoms with Crippen LogP contribution in [-0.4, -0.2) is 45.9 Å². The van der Waals surface area contributed by atoms with Gasteiger partial charge in [-0.25, -0.2) is 9.97 Å². The third-order valence-corrected chi connectivity index (χ3v) is 6.08. The number of rotatable bonds is 6. The molecule has 6 heteroatoms. The Bertz CT molecular complexity index is 663. The summed E-state index contributed by atoms with van der Waals surface area (Å²) in [6.45, 7) is 1.76. The second-order valence-corrected chi connectivity index (χ2v) is 8.78. The second kappa shape index (κ2) is 9.40. The van der Waals surface area contributed by atoms with Crippen LogP contribution in [0.2, 0.25) is 0 Å². The van der Waals surface area contributed by atoms with E-state index >= 15 is 0 Å². The van der Waals surface area contributed by atoms with Crippen LogP contribution in [0.15, 0.2) is 45.6 Å². The standard InChI is InChI=1S/C20H26Br2N4/c1-25(13-15-7-5-11-19(21)23-15)17-9-3-4-10-18(17)26(2)14-16-8-6-12-20(22)24-16/h5-8,11-12,17-18H,3-4,9-10,13-14H2,1-2H3/t17-,18-/m1/s1. The van der Waals surface area contributed by atoms with Gasteiger partial charge in [-0.3, -0.25) is 9.80 Å². The molecule has 1 fully saturated rings. The molecule has 0 saturated heterocycles. The Labute approximate surface area is 173 Å². The van der Waals surface area contributed by atoms with E-state index in [0.29, 0.717) is 12.1 Å². The number of pyridine rings is 2. The molecule has 0 unspecified atom stereocenters. The van der Waals surface area contributed by atoms with Crippen molar-refractivity contribution in [3.05, 3.63) is 57.0 Å². The van der Waals surface area contributed by atoms with Gasteiger partial charge in [-0.15, -0.1) is 0 Å². The number of hydrogen-bond acceptors (Lipinski definition) is 4. The second-order valence-electron chi connectivity index (χ2n) is 7.15. The molecule has 2 atom stereocenters. The summed E-state index contributed by atoms with van der Waals surface area (Å²) < 4.78 is 1.81. The zero-order chi connectivity index (χ0) is 18.5. The molecule has 0 radical (unpaired) electrons. The number of hydrogen-bond donors (Lipinski definition) is 0. The summed E-state index contributed by atoms with van der Waals surface area (Å²) in [5.74, 6) is 0. The average molecular weight is 482 g/mol. The maximum Gasteiger partial charge on any atom is 0.106 e. The average Bonchev–Trinajstić information content (AvgIpc) is 2.61. The van der Waals surface area contributed by atoms with E-state index < -0.39 is 0 Å². The minimum atomic E-state index is 0.543. The van der Waals surface area contributed by atoms with E-state index in [1.807, 2.05) is 12.1 Å². The summed E-state index contributed by atoms with van der Waals surface area (Å²) in [6.07, 6.45) is 5.09. The van der Waals surface area contributed by atoms with Gasteiger partial charge in [-0.1, -0.05) is 25.0 Å². The molecule has 0 aliphatic heterocycles. The Balaban J connectivity index is 1.68. The quantitative estimate of drug-likeness (QED) is 0.550. The minimum absolute atomic E-state index is 0.543. The zero-order valence-electron chi connectivity index (χ0n) is 15.4. The van der Waals surface area contributed by atoms with Crippen molar-refractivity contribution < 1.29 is 0 Å². The van der Waals surface area contributed by atoms with Gasteiger partial charge in [-0.2, -0.15) is 0 Å². The summed E-state index contributed by atoms with van der Waals surface area (Å²) in [6, 6.07) is 13.4. The fourth-order valence-corrected chi connectivity index (χ4v) is 4.70. The van der Waals surface area contributed by atoms with E-state index in [2.05, 4.69) is 90.0 Å². The number of likely N-dealkylation sites (N-methyl/N-ethyl adjacent to an activating group) is 2. The third-order valence-electron chi connectivity index (χ3n) is 5.19. The molecule has 26 heavy (non-hydrogen) atoms. The minimum Gasteiger partial charge on any atom is -0.296 e. The monoisotopic (exact) mass is 480 g/mol. The summed E-state index contributed by atoms with van der Waals surface area (Å²) in [5, 5.41) is 0. The zero-order valence-corrected chi connectivity index (χ0v) is 18.6. The van der Waals surface area contributed by atoms with Gasteiger partial charge in [0.05, 0.1) is 11.4 Å². The molecule has 140 valence electrons. The Morgan fingerprint density at radius 3 is 1.62 bits per heavy atom. The Hall–Kier alpha value is -0.820. The lowest BCUT2D eigenvalue weighted by molar-refractivity contribution is 0.0679. The normalized spacial score (nSPS) is 20.7.